The van der Waals surface area contributed by atoms with Crippen molar-refractivity contribution in [3.63, 3.8) is 0 Å². The van der Waals surface area contributed by atoms with E-state index in [9.17, 15) is 5.11 Å². The van der Waals surface area contributed by atoms with Crippen molar-refractivity contribution in [2.45, 2.75) is 64.5 Å². The summed E-state index contributed by atoms with van der Waals surface area (Å²) < 4.78 is 12.9. The summed E-state index contributed by atoms with van der Waals surface area (Å²) in [6.45, 7) is 13.5. The van der Waals surface area contributed by atoms with Crippen LogP contribution in [-0.2, 0) is 12.2 Å². The molecule has 3 aromatic carbocycles. The van der Waals surface area contributed by atoms with Crippen LogP contribution in [0.1, 0.15) is 50.3 Å². The number of ether oxygens (including phenoxy) is 1. The average molecular weight is 506 g/mol. The third-order valence-corrected chi connectivity index (χ3v) is 12.3. The summed E-state index contributed by atoms with van der Waals surface area (Å²) in [5, 5.41) is 16.7. The lowest BCUT2D eigenvalue weighted by Gasteiger charge is -2.37. The Morgan fingerprint density at radius 2 is 1.66 bits per heavy atom. The van der Waals surface area contributed by atoms with E-state index in [1.807, 2.05) is 42.6 Å². The van der Waals surface area contributed by atoms with Gasteiger partial charge in [-0.25, -0.2) is 4.98 Å². The SMILES string of the molecule is CCC(O)(c1cc(OCc2ccc3ccccc3c2)cc(O[Si](C)(C)C(C)(C)C)c1)c1nccs1. The average Bonchev–Trinajstić information content (AvgIpc) is 3.36. The Bertz CT molecular complexity index is 1300. The molecule has 0 bridgehead atoms. The van der Waals surface area contributed by atoms with E-state index in [0.29, 0.717) is 23.8 Å². The molecule has 1 aromatic heterocycles. The lowest BCUT2D eigenvalue weighted by atomic mass is 9.91. The van der Waals surface area contributed by atoms with Gasteiger partial charge in [0.25, 0.3) is 0 Å². The number of fused-ring (bicyclic) bond motifs is 1. The molecule has 0 aliphatic heterocycles. The van der Waals surface area contributed by atoms with Gasteiger partial charge in [-0.1, -0.05) is 64.1 Å². The van der Waals surface area contributed by atoms with Gasteiger partial charge in [0.1, 0.15) is 28.7 Å². The summed E-state index contributed by atoms with van der Waals surface area (Å²) in [7, 11) is -2.09. The third kappa shape index (κ3) is 5.45. The number of rotatable bonds is 8. The molecule has 6 heteroatoms. The minimum atomic E-state index is -2.09. The molecule has 1 atom stereocenters. The minimum absolute atomic E-state index is 0.0471. The number of benzene rings is 3. The molecule has 0 saturated carbocycles. The third-order valence-electron chi connectivity index (χ3n) is 7.05. The molecular formula is C29H35NO3SSi. The molecule has 1 unspecified atom stereocenters. The Kier molecular flexibility index (Phi) is 7.09. The predicted molar refractivity (Wildman–Crippen MR) is 148 cm³/mol. The van der Waals surface area contributed by atoms with Crippen LogP contribution in [0.15, 0.2) is 72.2 Å². The molecule has 4 rings (SSSR count). The highest BCUT2D eigenvalue weighted by Gasteiger charge is 2.40. The van der Waals surface area contributed by atoms with Crippen LogP contribution >= 0.6 is 11.3 Å². The minimum Gasteiger partial charge on any atom is -0.543 e. The number of aromatic nitrogens is 1. The first kappa shape index (κ1) is 25.4. The second-order valence-corrected chi connectivity index (χ2v) is 16.2. The predicted octanol–water partition coefficient (Wildman–Crippen LogP) is 7.91. The highest BCUT2D eigenvalue weighted by molar-refractivity contribution is 7.09. The van der Waals surface area contributed by atoms with Crippen LogP contribution < -0.4 is 9.16 Å². The molecule has 184 valence electrons. The Morgan fingerprint density at radius 1 is 0.943 bits per heavy atom. The number of aliphatic hydroxyl groups is 1. The Morgan fingerprint density at radius 3 is 2.31 bits per heavy atom. The van der Waals surface area contributed by atoms with Gasteiger partial charge in [0.2, 0.25) is 8.32 Å². The van der Waals surface area contributed by atoms with E-state index in [1.54, 1.807) is 6.20 Å². The van der Waals surface area contributed by atoms with Gasteiger partial charge in [0, 0.05) is 17.6 Å². The Balaban J connectivity index is 1.70. The van der Waals surface area contributed by atoms with Crippen molar-refractivity contribution < 1.29 is 14.3 Å². The standard InChI is InChI=1S/C29H35NO3SSi/c1-7-29(31,27-30-14-15-34-27)24-17-25(19-26(18-24)33-35(5,6)28(2,3)4)32-20-21-12-13-22-10-8-9-11-23(22)16-21/h8-19,31H,7,20H2,1-6H3. The van der Waals surface area contributed by atoms with Crippen LogP contribution in [0.4, 0.5) is 0 Å². The van der Waals surface area contributed by atoms with Crippen LogP contribution in [-0.4, -0.2) is 18.4 Å². The van der Waals surface area contributed by atoms with Gasteiger partial charge in [0.05, 0.1) is 0 Å². The maximum absolute atomic E-state index is 11.7. The van der Waals surface area contributed by atoms with Crippen molar-refractivity contribution in [2.24, 2.45) is 0 Å². The molecule has 0 spiro atoms. The van der Waals surface area contributed by atoms with E-state index < -0.39 is 13.9 Å². The molecule has 0 saturated heterocycles. The lowest BCUT2D eigenvalue weighted by Crippen LogP contribution is -2.44. The number of thiazole rings is 1. The van der Waals surface area contributed by atoms with Gasteiger partial charge in [-0.05, 0) is 64.7 Å². The van der Waals surface area contributed by atoms with Crippen molar-refractivity contribution in [1.29, 1.82) is 0 Å². The van der Waals surface area contributed by atoms with Crippen molar-refractivity contribution >= 4 is 30.4 Å². The summed E-state index contributed by atoms with van der Waals surface area (Å²) in [5.74, 6) is 1.40. The summed E-state index contributed by atoms with van der Waals surface area (Å²) in [5.41, 5.74) is 0.619. The second kappa shape index (κ2) is 9.76. The fraction of sp³-hybridized carbons (Fsp3) is 0.345. The van der Waals surface area contributed by atoms with Crippen LogP contribution in [0.5, 0.6) is 11.5 Å². The van der Waals surface area contributed by atoms with Crippen molar-refractivity contribution in [1.82, 2.24) is 4.98 Å². The fourth-order valence-corrected chi connectivity index (χ4v) is 5.65. The Hall–Kier alpha value is -2.67. The van der Waals surface area contributed by atoms with Crippen LogP contribution in [0.3, 0.4) is 0 Å². The topological polar surface area (TPSA) is 51.6 Å². The second-order valence-electron chi connectivity index (χ2n) is 10.6. The van der Waals surface area contributed by atoms with Crippen LogP contribution in [0.2, 0.25) is 18.1 Å². The van der Waals surface area contributed by atoms with Crippen LogP contribution in [0.25, 0.3) is 10.8 Å². The number of nitrogens with zero attached hydrogens (tertiary/aromatic N) is 1. The van der Waals surface area contributed by atoms with Gasteiger partial charge < -0.3 is 14.3 Å². The maximum Gasteiger partial charge on any atom is 0.250 e. The zero-order chi connectivity index (χ0) is 25.3. The Labute approximate surface area is 213 Å². The van der Waals surface area contributed by atoms with E-state index >= 15 is 0 Å². The molecule has 0 aliphatic rings. The normalized spacial score (nSPS) is 14.0. The van der Waals surface area contributed by atoms with E-state index in [-0.39, 0.29) is 5.04 Å². The summed E-state index contributed by atoms with van der Waals surface area (Å²) in [6.07, 6.45) is 2.22. The van der Waals surface area contributed by atoms with Crippen molar-refractivity contribution in [3.8, 4) is 11.5 Å². The summed E-state index contributed by atoms with van der Waals surface area (Å²) in [6, 6.07) is 20.5. The van der Waals surface area contributed by atoms with Gasteiger partial charge >= 0.3 is 0 Å². The van der Waals surface area contributed by atoms with Crippen molar-refractivity contribution in [2.75, 3.05) is 0 Å². The molecule has 1 heterocycles. The van der Waals surface area contributed by atoms with E-state index in [2.05, 4.69) is 69.2 Å². The molecule has 0 amide bonds. The molecular weight excluding hydrogens is 470 g/mol. The largest absolute Gasteiger partial charge is 0.543 e. The first-order valence-corrected chi connectivity index (χ1v) is 15.9. The van der Waals surface area contributed by atoms with E-state index in [1.165, 1.54) is 22.1 Å². The molecule has 4 nitrogen and oxygen atoms in total. The van der Waals surface area contributed by atoms with Crippen molar-refractivity contribution in [3.05, 3.63) is 88.4 Å². The summed E-state index contributed by atoms with van der Waals surface area (Å²) in [4.78, 5) is 4.43. The first-order chi connectivity index (χ1) is 16.5. The fourth-order valence-electron chi connectivity index (χ4n) is 3.80. The zero-order valence-corrected chi connectivity index (χ0v) is 23.3. The monoisotopic (exact) mass is 505 g/mol. The molecule has 35 heavy (non-hydrogen) atoms. The number of hydrogen-bond acceptors (Lipinski definition) is 5. The van der Waals surface area contributed by atoms with Gasteiger partial charge in [-0.15, -0.1) is 11.3 Å². The molecule has 1 N–H and O–H groups in total. The van der Waals surface area contributed by atoms with Crippen LogP contribution in [0, 0.1) is 0 Å². The molecule has 0 fully saturated rings. The smallest absolute Gasteiger partial charge is 0.250 e. The van der Waals surface area contributed by atoms with Gasteiger partial charge in [-0.3, -0.25) is 0 Å². The van der Waals surface area contributed by atoms with Gasteiger partial charge in [0.15, 0.2) is 0 Å². The molecule has 0 aliphatic carbocycles. The van der Waals surface area contributed by atoms with Gasteiger partial charge in [-0.2, -0.15) is 0 Å². The highest BCUT2D eigenvalue weighted by atomic mass is 32.1. The van der Waals surface area contributed by atoms with E-state index in [4.69, 9.17) is 9.16 Å². The highest BCUT2D eigenvalue weighted by Crippen LogP contribution is 2.41. The number of hydrogen-bond donors (Lipinski definition) is 1. The molecule has 4 aromatic rings. The maximum atomic E-state index is 11.7. The first-order valence-electron chi connectivity index (χ1n) is 12.1. The lowest BCUT2D eigenvalue weighted by molar-refractivity contribution is 0.0756. The zero-order valence-electron chi connectivity index (χ0n) is 21.5. The molecule has 0 radical (unpaired) electrons. The summed E-state index contributed by atoms with van der Waals surface area (Å²) >= 11 is 1.46. The quantitative estimate of drug-likeness (QED) is 0.247. The van der Waals surface area contributed by atoms with E-state index in [0.717, 1.165) is 16.9 Å².